The van der Waals surface area contributed by atoms with E-state index in [4.69, 9.17) is 18.9 Å². The van der Waals surface area contributed by atoms with E-state index in [0.29, 0.717) is 11.1 Å². The van der Waals surface area contributed by atoms with E-state index >= 15 is 0 Å². The van der Waals surface area contributed by atoms with Gasteiger partial charge in [-0.1, -0.05) is 12.1 Å². The van der Waals surface area contributed by atoms with Gasteiger partial charge in [0.2, 0.25) is 0 Å². The lowest BCUT2D eigenvalue weighted by molar-refractivity contribution is -0.157. The van der Waals surface area contributed by atoms with Crippen LogP contribution < -0.4 is 9.47 Å². The molecule has 2 N–H and O–H groups in total. The largest absolute Gasteiger partial charge is 0.504 e. The minimum atomic E-state index is -0.850. The first-order valence-electron chi connectivity index (χ1n) is 9.22. The van der Waals surface area contributed by atoms with Crippen LogP contribution in [0.1, 0.15) is 11.1 Å². The van der Waals surface area contributed by atoms with Gasteiger partial charge in [0.05, 0.1) is 40.3 Å². The summed E-state index contributed by atoms with van der Waals surface area (Å²) in [6, 6.07) is 9.41. The van der Waals surface area contributed by atoms with Crippen molar-refractivity contribution in [2.75, 3.05) is 28.4 Å². The molecular weight excluding hydrogens is 392 g/mol. The van der Waals surface area contributed by atoms with Crippen molar-refractivity contribution in [3.63, 3.8) is 0 Å². The summed E-state index contributed by atoms with van der Waals surface area (Å²) in [6.45, 7) is 0. The average Bonchev–Trinajstić information content (AvgIpc) is 2.77. The molecule has 2 unspecified atom stereocenters. The Morgan fingerprint density at radius 3 is 1.40 bits per heavy atom. The molecule has 8 heteroatoms. The molecule has 0 spiro atoms. The Hall–Kier alpha value is -3.42. The molecule has 2 aromatic carbocycles. The third kappa shape index (κ3) is 5.34. The number of carbonyl (C=O) groups is 2. The van der Waals surface area contributed by atoms with E-state index < -0.39 is 23.8 Å². The van der Waals surface area contributed by atoms with Gasteiger partial charge in [-0.2, -0.15) is 0 Å². The van der Waals surface area contributed by atoms with Gasteiger partial charge in [0, 0.05) is 0 Å². The highest BCUT2D eigenvalue weighted by atomic mass is 16.5. The van der Waals surface area contributed by atoms with Gasteiger partial charge in [-0.25, -0.2) is 0 Å². The van der Waals surface area contributed by atoms with Crippen LogP contribution in [0, 0.1) is 11.8 Å². The molecule has 0 aliphatic heterocycles. The molecule has 2 rings (SSSR count). The topological polar surface area (TPSA) is 112 Å². The zero-order chi connectivity index (χ0) is 22.3. The summed E-state index contributed by atoms with van der Waals surface area (Å²) >= 11 is 0. The third-order valence-corrected chi connectivity index (χ3v) is 4.89. The molecule has 0 saturated heterocycles. The van der Waals surface area contributed by atoms with E-state index in [1.54, 1.807) is 24.3 Å². The maximum absolute atomic E-state index is 12.6. The van der Waals surface area contributed by atoms with Gasteiger partial charge >= 0.3 is 11.9 Å². The predicted octanol–water partition coefficient (Wildman–Crippen LogP) is 2.48. The Kier molecular flexibility index (Phi) is 7.91. The van der Waals surface area contributed by atoms with Crippen molar-refractivity contribution in [1.82, 2.24) is 0 Å². The number of aromatic hydroxyl groups is 2. The highest BCUT2D eigenvalue weighted by molar-refractivity contribution is 5.82. The van der Waals surface area contributed by atoms with Crippen LogP contribution >= 0.6 is 0 Å². The second-order valence-electron chi connectivity index (χ2n) is 6.68. The van der Waals surface area contributed by atoms with Gasteiger partial charge in [-0.15, -0.1) is 0 Å². The second-order valence-corrected chi connectivity index (χ2v) is 6.68. The number of hydrogen-bond acceptors (Lipinski definition) is 8. The summed E-state index contributed by atoms with van der Waals surface area (Å²) in [4.78, 5) is 25.2. The summed E-state index contributed by atoms with van der Waals surface area (Å²) < 4.78 is 20.1. The quantitative estimate of drug-likeness (QED) is 0.598. The highest BCUT2D eigenvalue weighted by Gasteiger charge is 2.36. The van der Waals surface area contributed by atoms with Crippen LogP contribution in [0.2, 0.25) is 0 Å². The number of methoxy groups -OCH3 is 4. The molecule has 30 heavy (non-hydrogen) atoms. The average molecular weight is 418 g/mol. The fourth-order valence-corrected chi connectivity index (χ4v) is 3.29. The smallest absolute Gasteiger partial charge is 0.309 e. The maximum Gasteiger partial charge on any atom is 0.309 e. The number of hydrogen-bond donors (Lipinski definition) is 2. The Morgan fingerprint density at radius 2 is 1.10 bits per heavy atom. The van der Waals surface area contributed by atoms with Gasteiger partial charge in [0.25, 0.3) is 0 Å². The summed E-state index contributed by atoms with van der Waals surface area (Å²) in [7, 11) is 5.35. The first-order valence-corrected chi connectivity index (χ1v) is 9.22. The number of rotatable bonds is 9. The van der Waals surface area contributed by atoms with Crippen molar-refractivity contribution in [2.45, 2.75) is 12.8 Å². The van der Waals surface area contributed by atoms with Crippen molar-refractivity contribution >= 4 is 11.9 Å². The van der Waals surface area contributed by atoms with Crippen LogP contribution in [-0.2, 0) is 31.9 Å². The molecule has 8 nitrogen and oxygen atoms in total. The molecule has 0 amide bonds. The van der Waals surface area contributed by atoms with Gasteiger partial charge in [-0.3, -0.25) is 9.59 Å². The molecule has 0 aromatic heterocycles. The zero-order valence-corrected chi connectivity index (χ0v) is 17.4. The highest BCUT2D eigenvalue weighted by Crippen LogP contribution is 2.32. The normalized spacial score (nSPS) is 12.5. The molecule has 0 bridgehead atoms. The standard InChI is InChI=1S/C22H26O8/c1-27-19-11-13(5-7-17(19)23)9-15(21(25)29-3)16(22(26)30-4)10-14-6-8-18(24)20(12-14)28-2/h5-8,11-12,15-16,23-24H,9-10H2,1-4H3. The number of ether oxygens (including phenoxy) is 4. The minimum Gasteiger partial charge on any atom is -0.504 e. The summed E-state index contributed by atoms with van der Waals surface area (Å²) in [5.74, 6) is -2.38. The Bertz CT molecular complexity index is 819. The molecule has 0 aliphatic carbocycles. The van der Waals surface area contributed by atoms with Crippen LogP contribution in [0.15, 0.2) is 36.4 Å². The first-order chi connectivity index (χ1) is 14.3. The third-order valence-electron chi connectivity index (χ3n) is 4.89. The van der Waals surface area contributed by atoms with Crippen LogP contribution in [0.25, 0.3) is 0 Å². The van der Waals surface area contributed by atoms with Crippen LogP contribution in [-0.4, -0.2) is 50.6 Å². The summed E-state index contributed by atoms with van der Waals surface area (Å²) in [5, 5.41) is 19.6. The van der Waals surface area contributed by atoms with Crippen molar-refractivity contribution in [1.29, 1.82) is 0 Å². The lowest BCUT2D eigenvalue weighted by atomic mass is 9.82. The van der Waals surface area contributed by atoms with Gasteiger partial charge in [0.1, 0.15) is 0 Å². The van der Waals surface area contributed by atoms with E-state index in [0.717, 1.165) is 0 Å². The van der Waals surface area contributed by atoms with Crippen LogP contribution in [0.4, 0.5) is 0 Å². The fraction of sp³-hybridized carbons (Fsp3) is 0.364. The van der Waals surface area contributed by atoms with E-state index in [2.05, 4.69) is 0 Å². The van der Waals surface area contributed by atoms with Crippen molar-refractivity contribution in [3.8, 4) is 23.0 Å². The maximum atomic E-state index is 12.6. The Balaban J connectivity index is 2.40. The van der Waals surface area contributed by atoms with E-state index in [-0.39, 0.29) is 35.8 Å². The van der Waals surface area contributed by atoms with E-state index in [9.17, 15) is 19.8 Å². The zero-order valence-electron chi connectivity index (χ0n) is 17.4. The second kappa shape index (κ2) is 10.4. The lowest BCUT2D eigenvalue weighted by Gasteiger charge is -2.24. The number of benzene rings is 2. The fourth-order valence-electron chi connectivity index (χ4n) is 3.29. The summed E-state index contributed by atoms with van der Waals surface area (Å²) in [6.07, 6.45) is 0.330. The summed E-state index contributed by atoms with van der Waals surface area (Å²) in [5.41, 5.74) is 1.36. The molecule has 0 fully saturated rings. The Labute approximate surface area is 175 Å². The number of phenolic OH excluding ortho intramolecular Hbond substituents is 2. The number of carbonyl (C=O) groups excluding carboxylic acids is 2. The molecule has 0 radical (unpaired) electrons. The minimum absolute atomic E-state index is 0.0309. The monoisotopic (exact) mass is 418 g/mol. The molecule has 2 atom stereocenters. The van der Waals surface area contributed by atoms with E-state index in [1.165, 1.54) is 40.6 Å². The predicted molar refractivity (Wildman–Crippen MR) is 108 cm³/mol. The SMILES string of the molecule is COC(=O)C(Cc1ccc(O)c(OC)c1)C(Cc1ccc(O)c(OC)c1)C(=O)OC. The van der Waals surface area contributed by atoms with Crippen molar-refractivity contribution in [3.05, 3.63) is 47.5 Å². The molecule has 0 aliphatic rings. The van der Waals surface area contributed by atoms with Crippen molar-refractivity contribution < 1.29 is 38.7 Å². The van der Waals surface area contributed by atoms with Gasteiger partial charge < -0.3 is 29.2 Å². The van der Waals surface area contributed by atoms with Gasteiger partial charge in [-0.05, 0) is 48.2 Å². The lowest BCUT2D eigenvalue weighted by Crippen LogP contribution is -2.34. The number of phenols is 2. The molecule has 2 aromatic rings. The van der Waals surface area contributed by atoms with Crippen LogP contribution in [0.3, 0.4) is 0 Å². The first kappa shape index (κ1) is 22.9. The molecule has 0 heterocycles. The van der Waals surface area contributed by atoms with Gasteiger partial charge in [0.15, 0.2) is 23.0 Å². The molecule has 162 valence electrons. The van der Waals surface area contributed by atoms with Crippen LogP contribution in [0.5, 0.6) is 23.0 Å². The van der Waals surface area contributed by atoms with Crippen molar-refractivity contribution in [2.24, 2.45) is 11.8 Å². The molecular formula is C22H26O8. The Morgan fingerprint density at radius 1 is 0.733 bits per heavy atom. The number of esters is 2. The van der Waals surface area contributed by atoms with E-state index in [1.807, 2.05) is 0 Å². The molecule has 0 saturated carbocycles.